The fourth-order valence-electron chi connectivity index (χ4n) is 3.46. The van der Waals surface area contributed by atoms with E-state index in [1.165, 1.54) is 6.20 Å². The summed E-state index contributed by atoms with van der Waals surface area (Å²) in [6.45, 7) is 1.85. The van der Waals surface area contributed by atoms with Crippen LogP contribution in [0.3, 0.4) is 0 Å². The number of carboxylic acids is 1. The quantitative estimate of drug-likeness (QED) is 0.754. The molecule has 4 rings (SSSR count). The number of anilines is 1. The monoisotopic (exact) mass is 350 g/mol. The fraction of sp³-hybridized carbons (Fsp3) is 0.263. The molecule has 1 fully saturated rings. The molecule has 132 valence electrons. The molecule has 1 aromatic carbocycles. The van der Waals surface area contributed by atoms with E-state index in [1.807, 2.05) is 13.0 Å². The third-order valence-corrected chi connectivity index (χ3v) is 5.02. The molecule has 7 nitrogen and oxygen atoms in total. The highest BCUT2D eigenvalue weighted by Crippen LogP contribution is 2.44. The molecular formula is C19H18N4O3. The predicted octanol–water partition coefficient (Wildman–Crippen LogP) is 2.80. The zero-order chi connectivity index (χ0) is 18.3. The van der Waals surface area contributed by atoms with Crippen LogP contribution in [0, 0.1) is 6.92 Å². The third kappa shape index (κ3) is 2.52. The number of carboxylic acid groups (broad SMARTS) is 1. The van der Waals surface area contributed by atoms with Crippen molar-refractivity contribution in [1.82, 2.24) is 14.6 Å². The maximum absolute atomic E-state index is 12.7. The minimum Gasteiger partial charge on any atom is -0.481 e. The van der Waals surface area contributed by atoms with Gasteiger partial charge in [-0.3, -0.25) is 9.59 Å². The molecule has 0 atom stereocenters. The van der Waals surface area contributed by atoms with Crippen LogP contribution in [0.15, 0.2) is 42.7 Å². The van der Waals surface area contributed by atoms with Crippen LogP contribution in [-0.4, -0.2) is 31.6 Å². The number of nitrogens with zero attached hydrogens (tertiary/aromatic N) is 3. The number of carbonyl (C=O) groups is 2. The molecule has 1 saturated carbocycles. The van der Waals surface area contributed by atoms with Crippen molar-refractivity contribution in [1.29, 1.82) is 0 Å². The third-order valence-electron chi connectivity index (χ3n) is 5.02. The topological polar surface area (TPSA) is 96.6 Å². The molecule has 2 aromatic heterocycles. The molecule has 0 saturated heterocycles. The van der Waals surface area contributed by atoms with E-state index in [-0.39, 0.29) is 11.6 Å². The first-order chi connectivity index (χ1) is 12.5. The Hall–Kier alpha value is -3.22. The van der Waals surface area contributed by atoms with E-state index in [0.29, 0.717) is 24.0 Å². The van der Waals surface area contributed by atoms with Gasteiger partial charge in [0.1, 0.15) is 0 Å². The molecule has 0 spiro atoms. The van der Waals surface area contributed by atoms with Gasteiger partial charge in [0.15, 0.2) is 5.69 Å². The number of hydrogen-bond donors (Lipinski definition) is 2. The smallest absolute Gasteiger partial charge is 0.314 e. The van der Waals surface area contributed by atoms with Crippen molar-refractivity contribution in [2.24, 2.45) is 0 Å². The average molecular weight is 350 g/mol. The Morgan fingerprint density at radius 2 is 2.08 bits per heavy atom. The normalized spacial score (nSPS) is 15.4. The van der Waals surface area contributed by atoms with Crippen molar-refractivity contribution in [3.8, 4) is 0 Å². The molecule has 2 N–H and O–H groups in total. The van der Waals surface area contributed by atoms with Gasteiger partial charge in [0.25, 0.3) is 5.91 Å². The summed E-state index contributed by atoms with van der Waals surface area (Å²) >= 11 is 0. The van der Waals surface area contributed by atoms with Crippen LogP contribution in [-0.2, 0) is 10.2 Å². The summed E-state index contributed by atoms with van der Waals surface area (Å²) in [7, 11) is 0. The lowest BCUT2D eigenvalue weighted by molar-refractivity contribution is -0.147. The van der Waals surface area contributed by atoms with Gasteiger partial charge in [-0.05, 0) is 43.5 Å². The molecule has 0 unspecified atom stereocenters. The van der Waals surface area contributed by atoms with E-state index in [1.54, 1.807) is 35.0 Å². The molecular weight excluding hydrogens is 332 g/mol. The number of rotatable bonds is 4. The molecule has 7 heteroatoms. The Kier molecular flexibility index (Phi) is 3.72. The lowest BCUT2D eigenvalue weighted by Gasteiger charge is -2.38. The maximum Gasteiger partial charge on any atom is 0.314 e. The highest BCUT2D eigenvalue weighted by molar-refractivity contribution is 6.07. The van der Waals surface area contributed by atoms with Gasteiger partial charge in [0.2, 0.25) is 0 Å². The molecule has 0 radical (unpaired) electrons. The van der Waals surface area contributed by atoms with Crippen molar-refractivity contribution < 1.29 is 14.7 Å². The SMILES string of the molecule is Cc1cc2c(C(=O)Nc3cccc(C4(C(=O)O)CCC4)c3)nccn2n1. The summed E-state index contributed by atoms with van der Waals surface area (Å²) in [5.74, 6) is -1.17. The number of nitrogens with one attached hydrogen (secondary N) is 1. The number of aliphatic carboxylic acids is 1. The zero-order valence-corrected chi connectivity index (χ0v) is 14.3. The van der Waals surface area contributed by atoms with Gasteiger partial charge >= 0.3 is 5.97 Å². The Bertz CT molecular complexity index is 1020. The van der Waals surface area contributed by atoms with Gasteiger partial charge in [-0.25, -0.2) is 9.50 Å². The minimum absolute atomic E-state index is 0.273. The first-order valence-electron chi connectivity index (χ1n) is 8.46. The standard InChI is InChI=1S/C19H18N4O3/c1-12-10-15-16(20-8-9-23(15)22-12)17(24)21-14-5-2-4-13(11-14)19(18(25)26)6-3-7-19/h2,4-5,8-11H,3,6-7H2,1H3,(H,21,24)(H,25,26). The Morgan fingerprint density at radius 3 is 2.77 bits per heavy atom. The van der Waals surface area contributed by atoms with E-state index in [2.05, 4.69) is 15.4 Å². The molecule has 2 heterocycles. The number of amides is 1. The van der Waals surface area contributed by atoms with Crippen molar-refractivity contribution in [2.75, 3.05) is 5.32 Å². The highest BCUT2D eigenvalue weighted by atomic mass is 16.4. The molecule has 1 aliphatic rings. The van der Waals surface area contributed by atoms with Crippen LogP contribution in [0.1, 0.15) is 41.0 Å². The second-order valence-corrected chi connectivity index (χ2v) is 6.67. The van der Waals surface area contributed by atoms with E-state index >= 15 is 0 Å². The molecule has 26 heavy (non-hydrogen) atoms. The Labute approximate surface area is 149 Å². The summed E-state index contributed by atoms with van der Waals surface area (Å²) in [5, 5.41) is 16.7. The molecule has 0 aliphatic heterocycles. The second-order valence-electron chi connectivity index (χ2n) is 6.67. The zero-order valence-electron chi connectivity index (χ0n) is 14.3. The van der Waals surface area contributed by atoms with Crippen molar-refractivity contribution in [3.05, 3.63) is 59.7 Å². The molecule has 1 amide bonds. The van der Waals surface area contributed by atoms with E-state index < -0.39 is 11.4 Å². The largest absolute Gasteiger partial charge is 0.481 e. The number of fused-ring (bicyclic) bond motifs is 1. The number of aromatic nitrogens is 3. The number of aryl methyl sites for hydroxylation is 1. The molecule has 3 aromatic rings. The number of carbonyl (C=O) groups excluding carboxylic acids is 1. The summed E-state index contributed by atoms with van der Waals surface area (Å²) < 4.78 is 1.61. The van der Waals surface area contributed by atoms with Gasteiger partial charge in [-0.15, -0.1) is 0 Å². The predicted molar refractivity (Wildman–Crippen MR) is 95.3 cm³/mol. The van der Waals surface area contributed by atoms with E-state index in [9.17, 15) is 14.7 Å². The lowest BCUT2D eigenvalue weighted by Crippen LogP contribution is -2.42. The van der Waals surface area contributed by atoms with Gasteiger partial charge < -0.3 is 10.4 Å². The Morgan fingerprint density at radius 1 is 1.27 bits per heavy atom. The Balaban J connectivity index is 1.64. The fourth-order valence-corrected chi connectivity index (χ4v) is 3.46. The summed E-state index contributed by atoms with van der Waals surface area (Å²) in [6.07, 6.45) is 5.35. The number of hydrogen-bond acceptors (Lipinski definition) is 4. The lowest BCUT2D eigenvalue weighted by atomic mass is 9.64. The van der Waals surface area contributed by atoms with Crippen LogP contribution >= 0.6 is 0 Å². The van der Waals surface area contributed by atoms with Crippen LogP contribution in [0.25, 0.3) is 5.52 Å². The first-order valence-corrected chi connectivity index (χ1v) is 8.46. The van der Waals surface area contributed by atoms with Crippen molar-refractivity contribution in [2.45, 2.75) is 31.6 Å². The van der Waals surface area contributed by atoms with Gasteiger partial charge in [0.05, 0.1) is 16.6 Å². The van der Waals surface area contributed by atoms with Crippen LogP contribution < -0.4 is 5.32 Å². The van der Waals surface area contributed by atoms with Gasteiger partial charge in [0, 0.05) is 18.1 Å². The van der Waals surface area contributed by atoms with Crippen LogP contribution in [0.2, 0.25) is 0 Å². The van der Waals surface area contributed by atoms with E-state index in [0.717, 1.165) is 17.7 Å². The van der Waals surface area contributed by atoms with Crippen LogP contribution in [0.4, 0.5) is 5.69 Å². The molecule has 1 aliphatic carbocycles. The van der Waals surface area contributed by atoms with Crippen molar-refractivity contribution in [3.63, 3.8) is 0 Å². The second kappa shape index (κ2) is 5.94. The van der Waals surface area contributed by atoms with Crippen LogP contribution in [0.5, 0.6) is 0 Å². The van der Waals surface area contributed by atoms with Crippen molar-refractivity contribution >= 4 is 23.1 Å². The molecule has 0 bridgehead atoms. The van der Waals surface area contributed by atoms with E-state index in [4.69, 9.17) is 0 Å². The highest BCUT2D eigenvalue weighted by Gasteiger charge is 2.45. The van der Waals surface area contributed by atoms with Gasteiger partial charge in [-0.2, -0.15) is 5.10 Å². The summed E-state index contributed by atoms with van der Waals surface area (Å²) in [5.41, 5.74) is 2.14. The number of benzene rings is 1. The minimum atomic E-state index is -0.832. The first kappa shape index (κ1) is 16.3. The maximum atomic E-state index is 12.7. The summed E-state index contributed by atoms with van der Waals surface area (Å²) in [4.78, 5) is 28.6. The average Bonchev–Trinajstić information content (AvgIpc) is 2.93. The van der Waals surface area contributed by atoms with Gasteiger partial charge in [-0.1, -0.05) is 18.6 Å². The summed E-state index contributed by atoms with van der Waals surface area (Å²) in [6, 6.07) is 8.86.